The van der Waals surface area contributed by atoms with Gasteiger partial charge in [-0.05, 0) is 23.1 Å². The summed E-state index contributed by atoms with van der Waals surface area (Å²) in [6.07, 6.45) is 2.69. The van der Waals surface area contributed by atoms with Gasteiger partial charge in [0.25, 0.3) is 0 Å². The molecule has 0 amide bonds. The minimum atomic E-state index is -0.355. The number of Topliss-reactive ketones (excluding diaryl/α,β-unsaturated/α-hetero) is 1. The second kappa shape index (κ2) is 7.00. The number of ketones is 1. The van der Waals surface area contributed by atoms with Crippen molar-refractivity contribution in [1.82, 2.24) is 19.6 Å². The molecule has 7 heteroatoms. The standard InChI is InChI=1S/C26H22N4O3/c1-26(2)12-18(32)21-19(13-26)33-25-22(20(21)15-8-4-3-5-9-15)24-28-23(29-30(24)14-27-25)16-10-6-7-11-17(16)31/h3-11,14,20,31H,12-13H2,1-2H3. The molecule has 1 aliphatic carbocycles. The molecule has 1 N–H and O–H groups in total. The summed E-state index contributed by atoms with van der Waals surface area (Å²) in [5.74, 6) is 1.34. The summed E-state index contributed by atoms with van der Waals surface area (Å²) in [6, 6.07) is 16.9. The van der Waals surface area contributed by atoms with Gasteiger partial charge in [-0.3, -0.25) is 4.79 Å². The van der Waals surface area contributed by atoms with Crippen LogP contribution in [-0.2, 0) is 4.79 Å². The van der Waals surface area contributed by atoms with Crippen LogP contribution in [0.1, 0.15) is 43.7 Å². The number of carbonyl (C=O) groups is 1. The number of phenols is 1. The van der Waals surface area contributed by atoms with E-state index in [1.165, 1.54) is 0 Å². The van der Waals surface area contributed by atoms with Crippen LogP contribution in [0.4, 0.5) is 0 Å². The molecule has 0 spiro atoms. The highest BCUT2D eigenvalue weighted by molar-refractivity contribution is 6.00. The van der Waals surface area contributed by atoms with E-state index >= 15 is 0 Å². The molecule has 0 saturated heterocycles. The van der Waals surface area contributed by atoms with Crippen molar-refractivity contribution < 1.29 is 14.6 Å². The molecule has 6 rings (SSSR count). The molecule has 7 nitrogen and oxygen atoms in total. The van der Waals surface area contributed by atoms with Crippen molar-refractivity contribution in [2.75, 3.05) is 0 Å². The Labute approximate surface area is 190 Å². The molecule has 1 aliphatic heterocycles. The highest BCUT2D eigenvalue weighted by Gasteiger charge is 2.43. The van der Waals surface area contributed by atoms with Crippen LogP contribution in [0.2, 0.25) is 0 Å². The normalized spacial score (nSPS) is 19.2. The van der Waals surface area contributed by atoms with Crippen LogP contribution in [0.15, 0.2) is 72.3 Å². The summed E-state index contributed by atoms with van der Waals surface area (Å²) < 4.78 is 7.84. The lowest BCUT2D eigenvalue weighted by atomic mass is 9.70. The molecule has 3 heterocycles. The van der Waals surface area contributed by atoms with Crippen molar-refractivity contribution in [2.24, 2.45) is 5.41 Å². The first kappa shape index (κ1) is 19.7. The van der Waals surface area contributed by atoms with E-state index in [9.17, 15) is 9.90 Å². The number of nitrogens with zero attached hydrogens (tertiary/aromatic N) is 4. The molecule has 0 radical (unpaired) electrons. The average Bonchev–Trinajstić information content (AvgIpc) is 3.22. The number of hydrogen-bond acceptors (Lipinski definition) is 6. The van der Waals surface area contributed by atoms with Gasteiger partial charge in [0.2, 0.25) is 5.88 Å². The fourth-order valence-electron chi connectivity index (χ4n) is 4.90. The van der Waals surface area contributed by atoms with Crippen molar-refractivity contribution in [3.05, 3.63) is 83.4 Å². The van der Waals surface area contributed by atoms with E-state index in [0.717, 1.165) is 5.56 Å². The van der Waals surface area contributed by atoms with Crippen molar-refractivity contribution in [1.29, 1.82) is 0 Å². The van der Waals surface area contributed by atoms with Crippen LogP contribution in [0.25, 0.3) is 17.0 Å². The maximum absolute atomic E-state index is 13.4. The van der Waals surface area contributed by atoms with Gasteiger partial charge in [0.15, 0.2) is 17.3 Å². The molecule has 2 aromatic heterocycles. The zero-order chi connectivity index (χ0) is 22.7. The maximum Gasteiger partial charge on any atom is 0.228 e. The molecule has 2 aromatic carbocycles. The third kappa shape index (κ3) is 3.11. The van der Waals surface area contributed by atoms with Crippen LogP contribution in [0, 0.1) is 5.41 Å². The van der Waals surface area contributed by atoms with E-state index in [-0.39, 0.29) is 22.9 Å². The highest BCUT2D eigenvalue weighted by Crippen LogP contribution is 2.50. The van der Waals surface area contributed by atoms with Gasteiger partial charge in [-0.25, -0.2) is 14.5 Å². The summed E-state index contributed by atoms with van der Waals surface area (Å²) in [5, 5.41) is 14.9. The predicted octanol–water partition coefficient (Wildman–Crippen LogP) is 4.66. The summed E-state index contributed by atoms with van der Waals surface area (Å²) in [4.78, 5) is 22.7. The van der Waals surface area contributed by atoms with Crippen LogP contribution >= 0.6 is 0 Å². The molecular formula is C26H22N4O3. The highest BCUT2D eigenvalue weighted by atomic mass is 16.5. The number of carbonyl (C=O) groups excluding carboxylic acids is 1. The second-order valence-electron chi connectivity index (χ2n) is 9.41. The van der Waals surface area contributed by atoms with E-state index in [1.807, 2.05) is 36.4 Å². The Morgan fingerprint density at radius 1 is 1.06 bits per heavy atom. The van der Waals surface area contributed by atoms with Crippen LogP contribution in [-0.4, -0.2) is 30.5 Å². The van der Waals surface area contributed by atoms with Crippen molar-refractivity contribution in [3.8, 4) is 23.0 Å². The number of hydrogen-bond donors (Lipinski definition) is 1. The first-order valence-corrected chi connectivity index (χ1v) is 10.9. The number of para-hydroxylation sites is 1. The quantitative estimate of drug-likeness (QED) is 0.489. The maximum atomic E-state index is 13.4. The molecule has 1 unspecified atom stereocenters. The number of aromatic nitrogens is 4. The smallest absolute Gasteiger partial charge is 0.228 e. The molecule has 4 aromatic rings. The largest absolute Gasteiger partial charge is 0.507 e. The van der Waals surface area contributed by atoms with E-state index in [2.05, 4.69) is 23.9 Å². The summed E-state index contributed by atoms with van der Waals surface area (Å²) in [7, 11) is 0. The third-order valence-corrected chi connectivity index (χ3v) is 6.34. The average molecular weight is 438 g/mol. The molecule has 2 aliphatic rings. The lowest BCUT2D eigenvalue weighted by molar-refractivity contribution is -0.118. The third-order valence-electron chi connectivity index (χ3n) is 6.34. The van der Waals surface area contributed by atoms with Gasteiger partial charge in [0.1, 0.15) is 17.8 Å². The molecule has 1 atom stereocenters. The van der Waals surface area contributed by atoms with E-state index in [0.29, 0.717) is 52.7 Å². The zero-order valence-electron chi connectivity index (χ0n) is 18.3. The molecular weight excluding hydrogens is 416 g/mol. The predicted molar refractivity (Wildman–Crippen MR) is 122 cm³/mol. The van der Waals surface area contributed by atoms with Gasteiger partial charge in [0.05, 0.1) is 11.1 Å². The minimum absolute atomic E-state index is 0.0863. The van der Waals surface area contributed by atoms with Gasteiger partial charge >= 0.3 is 0 Å². The van der Waals surface area contributed by atoms with E-state index < -0.39 is 0 Å². The minimum Gasteiger partial charge on any atom is -0.507 e. The number of rotatable bonds is 2. The monoisotopic (exact) mass is 438 g/mol. The van der Waals surface area contributed by atoms with Crippen molar-refractivity contribution >= 4 is 11.4 Å². The number of fused-ring (bicyclic) bond motifs is 3. The SMILES string of the molecule is CC1(C)CC(=O)C2=C(C1)Oc1ncn3nc(-c4ccccc4O)nc3c1C2c1ccccc1. The number of aromatic hydroxyl groups is 1. The number of phenolic OH excluding ortho intramolecular Hbond substituents is 1. The van der Waals surface area contributed by atoms with Crippen LogP contribution in [0.5, 0.6) is 11.6 Å². The molecule has 33 heavy (non-hydrogen) atoms. The molecule has 0 fully saturated rings. The number of allylic oxidation sites excluding steroid dienone is 2. The number of benzene rings is 2. The van der Waals surface area contributed by atoms with Crippen molar-refractivity contribution in [2.45, 2.75) is 32.6 Å². The fraction of sp³-hybridized carbons (Fsp3) is 0.231. The van der Waals surface area contributed by atoms with Gasteiger partial charge in [0, 0.05) is 24.3 Å². The second-order valence-corrected chi connectivity index (χ2v) is 9.41. The Morgan fingerprint density at radius 2 is 1.82 bits per heavy atom. The Bertz CT molecular complexity index is 1450. The van der Waals surface area contributed by atoms with Gasteiger partial charge in [-0.2, -0.15) is 0 Å². The van der Waals surface area contributed by atoms with Gasteiger partial charge < -0.3 is 9.84 Å². The van der Waals surface area contributed by atoms with E-state index in [4.69, 9.17) is 9.72 Å². The Balaban J connectivity index is 1.61. The Kier molecular flexibility index (Phi) is 4.17. The lowest BCUT2D eigenvalue weighted by Gasteiger charge is -2.37. The molecule has 0 saturated carbocycles. The topological polar surface area (TPSA) is 89.6 Å². The fourth-order valence-corrected chi connectivity index (χ4v) is 4.90. The molecule has 0 bridgehead atoms. The van der Waals surface area contributed by atoms with Crippen LogP contribution < -0.4 is 4.74 Å². The van der Waals surface area contributed by atoms with E-state index in [1.54, 1.807) is 29.0 Å². The summed E-state index contributed by atoms with van der Waals surface area (Å²) in [5.41, 5.74) is 3.27. The van der Waals surface area contributed by atoms with Gasteiger partial charge in [-0.1, -0.05) is 56.3 Å². The number of ether oxygens (including phenoxy) is 1. The first-order valence-electron chi connectivity index (χ1n) is 10.9. The lowest BCUT2D eigenvalue weighted by Crippen LogP contribution is -2.33. The Morgan fingerprint density at radius 3 is 2.61 bits per heavy atom. The summed E-state index contributed by atoms with van der Waals surface area (Å²) >= 11 is 0. The van der Waals surface area contributed by atoms with Crippen molar-refractivity contribution in [3.63, 3.8) is 0 Å². The van der Waals surface area contributed by atoms with Gasteiger partial charge in [-0.15, -0.1) is 5.10 Å². The molecule has 164 valence electrons. The Hall–Kier alpha value is -4.00. The van der Waals surface area contributed by atoms with Crippen LogP contribution in [0.3, 0.4) is 0 Å². The first-order chi connectivity index (χ1) is 15.9. The zero-order valence-corrected chi connectivity index (χ0v) is 18.3. The summed E-state index contributed by atoms with van der Waals surface area (Å²) in [6.45, 7) is 4.16.